The van der Waals surface area contributed by atoms with Crippen LogP contribution in [0.4, 0.5) is 4.39 Å². The van der Waals surface area contributed by atoms with Crippen molar-refractivity contribution in [2.45, 2.75) is 52.1 Å². The van der Waals surface area contributed by atoms with E-state index >= 15 is 0 Å². The Bertz CT molecular complexity index is 793. The SMILES string of the molecule is CC1CCCC(N(Cc2c(F)cccc2Cl)C(=O)C2CCS(=O)(=O)C2)C1C. The monoisotopic (exact) mass is 415 g/mol. The zero-order chi connectivity index (χ0) is 19.8. The van der Waals surface area contributed by atoms with Gasteiger partial charge in [0, 0.05) is 16.6 Å². The minimum absolute atomic E-state index is 0.0276. The fourth-order valence-corrected chi connectivity index (χ4v) is 6.39. The molecule has 1 saturated carbocycles. The summed E-state index contributed by atoms with van der Waals surface area (Å²) in [6.07, 6.45) is 3.31. The van der Waals surface area contributed by atoms with Gasteiger partial charge in [0.1, 0.15) is 5.82 Å². The summed E-state index contributed by atoms with van der Waals surface area (Å²) in [4.78, 5) is 15.0. The molecular formula is C20H27ClFNO3S. The molecule has 1 amide bonds. The summed E-state index contributed by atoms with van der Waals surface area (Å²) in [5.74, 6) is -0.478. The van der Waals surface area contributed by atoms with Crippen LogP contribution in [0.15, 0.2) is 18.2 Å². The maximum atomic E-state index is 14.4. The fraction of sp³-hybridized carbons (Fsp3) is 0.650. The first kappa shape index (κ1) is 20.6. The van der Waals surface area contributed by atoms with Crippen LogP contribution in [0.3, 0.4) is 0 Å². The third-order valence-electron chi connectivity index (χ3n) is 6.32. The van der Waals surface area contributed by atoms with Crippen LogP contribution in [-0.2, 0) is 21.2 Å². The molecule has 4 unspecified atom stereocenters. The van der Waals surface area contributed by atoms with Crippen LogP contribution >= 0.6 is 11.6 Å². The summed E-state index contributed by atoms with van der Waals surface area (Å²) in [6.45, 7) is 4.39. The van der Waals surface area contributed by atoms with Crippen molar-refractivity contribution in [1.82, 2.24) is 4.90 Å². The van der Waals surface area contributed by atoms with Gasteiger partial charge in [0.25, 0.3) is 0 Å². The van der Waals surface area contributed by atoms with Gasteiger partial charge in [-0.05, 0) is 36.8 Å². The molecule has 0 spiro atoms. The highest BCUT2D eigenvalue weighted by atomic mass is 35.5. The predicted molar refractivity (Wildman–Crippen MR) is 105 cm³/mol. The van der Waals surface area contributed by atoms with Crippen LogP contribution in [0.2, 0.25) is 5.02 Å². The van der Waals surface area contributed by atoms with Gasteiger partial charge in [-0.3, -0.25) is 4.79 Å². The zero-order valence-electron chi connectivity index (χ0n) is 15.8. The summed E-state index contributed by atoms with van der Waals surface area (Å²) >= 11 is 6.21. The van der Waals surface area contributed by atoms with Gasteiger partial charge in [-0.15, -0.1) is 0 Å². The summed E-state index contributed by atoms with van der Waals surface area (Å²) in [5.41, 5.74) is 0.304. The number of hydrogen-bond donors (Lipinski definition) is 0. The third-order valence-corrected chi connectivity index (χ3v) is 8.44. The van der Waals surface area contributed by atoms with Crippen molar-refractivity contribution >= 4 is 27.3 Å². The van der Waals surface area contributed by atoms with E-state index in [2.05, 4.69) is 13.8 Å². The average molecular weight is 416 g/mol. The second-order valence-electron chi connectivity index (χ2n) is 8.10. The molecule has 0 N–H and O–H groups in total. The lowest BCUT2D eigenvalue weighted by atomic mass is 9.77. The Morgan fingerprint density at radius 2 is 2.00 bits per heavy atom. The van der Waals surface area contributed by atoms with Crippen molar-refractivity contribution in [1.29, 1.82) is 0 Å². The Kier molecular flexibility index (Phi) is 6.16. The highest BCUT2D eigenvalue weighted by molar-refractivity contribution is 7.91. The predicted octanol–water partition coefficient (Wildman–Crippen LogP) is 4.07. The molecule has 0 radical (unpaired) electrons. The van der Waals surface area contributed by atoms with E-state index in [0.717, 1.165) is 19.3 Å². The first-order chi connectivity index (χ1) is 12.7. The van der Waals surface area contributed by atoms with Crippen LogP contribution in [-0.4, -0.2) is 36.8 Å². The van der Waals surface area contributed by atoms with Crippen LogP contribution in [0.1, 0.15) is 45.1 Å². The van der Waals surface area contributed by atoms with Crippen LogP contribution in [0.25, 0.3) is 0 Å². The number of benzene rings is 1. The summed E-state index contributed by atoms with van der Waals surface area (Å²) in [7, 11) is -3.17. The lowest BCUT2D eigenvalue weighted by Crippen LogP contribution is -2.49. The lowest BCUT2D eigenvalue weighted by molar-refractivity contribution is -0.140. The zero-order valence-corrected chi connectivity index (χ0v) is 17.4. The van der Waals surface area contributed by atoms with Gasteiger partial charge < -0.3 is 4.90 Å². The van der Waals surface area contributed by atoms with E-state index in [9.17, 15) is 17.6 Å². The Balaban J connectivity index is 1.92. The van der Waals surface area contributed by atoms with Crippen LogP contribution < -0.4 is 0 Å². The smallest absolute Gasteiger partial charge is 0.227 e. The molecule has 7 heteroatoms. The van der Waals surface area contributed by atoms with Gasteiger partial charge in [0.15, 0.2) is 9.84 Å². The van der Waals surface area contributed by atoms with E-state index in [4.69, 9.17) is 11.6 Å². The van der Waals surface area contributed by atoms with Gasteiger partial charge in [-0.1, -0.05) is 44.4 Å². The van der Waals surface area contributed by atoms with Crippen molar-refractivity contribution in [2.24, 2.45) is 17.8 Å². The molecule has 1 aliphatic heterocycles. The first-order valence-corrected chi connectivity index (χ1v) is 11.8. The second-order valence-corrected chi connectivity index (χ2v) is 10.7. The second kappa shape index (κ2) is 8.08. The molecule has 2 aliphatic rings. The maximum absolute atomic E-state index is 14.4. The maximum Gasteiger partial charge on any atom is 0.227 e. The molecule has 1 saturated heterocycles. The molecule has 1 aromatic rings. The van der Waals surface area contributed by atoms with E-state index in [1.54, 1.807) is 17.0 Å². The minimum atomic E-state index is -3.17. The number of sulfone groups is 1. The molecule has 4 nitrogen and oxygen atoms in total. The lowest BCUT2D eigenvalue weighted by Gasteiger charge is -2.42. The molecule has 0 aromatic heterocycles. The summed E-state index contributed by atoms with van der Waals surface area (Å²) in [6, 6.07) is 4.48. The number of rotatable bonds is 4. The van der Waals surface area contributed by atoms with Gasteiger partial charge in [0.2, 0.25) is 5.91 Å². The molecule has 1 heterocycles. The van der Waals surface area contributed by atoms with Gasteiger partial charge in [0.05, 0.1) is 24.0 Å². The summed E-state index contributed by atoms with van der Waals surface area (Å²) in [5, 5.41) is 0.295. The van der Waals surface area contributed by atoms with Gasteiger partial charge in [-0.25, -0.2) is 12.8 Å². The normalized spacial score (nSPS) is 30.2. The van der Waals surface area contributed by atoms with E-state index < -0.39 is 21.6 Å². The van der Waals surface area contributed by atoms with E-state index in [1.807, 2.05) is 0 Å². The largest absolute Gasteiger partial charge is 0.335 e. The van der Waals surface area contributed by atoms with Crippen LogP contribution in [0.5, 0.6) is 0 Å². The molecule has 1 aromatic carbocycles. The average Bonchev–Trinajstić information content (AvgIpc) is 2.97. The van der Waals surface area contributed by atoms with Crippen LogP contribution in [0, 0.1) is 23.6 Å². The molecule has 150 valence electrons. The number of hydrogen-bond acceptors (Lipinski definition) is 3. The number of amides is 1. The standard InChI is InChI=1S/C20H27ClFNO3S/c1-13-5-3-8-19(14(13)2)23(11-16-17(21)6-4-7-18(16)22)20(24)15-9-10-27(25,26)12-15/h4,6-7,13-15,19H,3,5,8-12H2,1-2H3. The van der Waals surface area contributed by atoms with Crippen molar-refractivity contribution in [2.75, 3.05) is 11.5 Å². The van der Waals surface area contributed by atoms with E-state index in [1.165, 1.54) is 6.07 Å². The Hall–Kier alpha value is -1.14. The molecular weight excluding hydrogens is 389 g/mol. The Labute approximate surface area is 166 Å². The first-order valence-electron chi connectivity index (χ1n) is 9.63. The highest BCUT2D eigenvalue weighted by Crippen LogP contribution is 2.36. The molecule has 27 heavy (non-hydrogen) atoms. The van der Waals surface area contributed by atoms with Gasteiger partial charge >= 0.3 is 0 Å². The van der Waals surface area contributed by atoms with Crippen molar-refractivity contribution in [3.63, 3.8) is 0 Å². The Morgan fingerprint density at radius 1 is 1.26 bits per heavy atom. The van der Waals surface area contributed by atoms with Gasteiger partial charge in [-0.2, -0.15) is 0 Å². The quantitative estimate of drug-likeness (QED) is 0.744. The van der Waals surface area contributed by atoms with Crippen molar-refractivity contribution in [3.05, 3.63) is 34.6 Å². The molecule has 4 atom stereocenters. The minimum Gasteiger partial charge on any atom is -0.335 e. The third kappa shape index (κ3) is 4.48. The molecule has 0 bridgehead atoms. The number of carbonyl (C=O) groups is 1. The molecule has 3 rings (SSSR count). The summed E-state index contributed by atoms with van der Waals surface area (Å²) < 4.78 is 38.1. The van der Waals surface area contributed by atoms with E-state index in [-0.39, 0.29) is 35.9 Å². The number of nitrogens with zero attached hydrogens (tertiary/aromatic N) is 1. The van der Waals surface area contributed by atoms with E-state index in [0.29, 0.717) is 22.9 Å². The van der Waals surface area contributed by atoms with Crippen molar-refractivity contribution in [3.8, 4) is 0 Å². The molecule has 2 fully saturated rings. The topological polar surface area (TPSA) is 54.5 Å². The fourth-order valence-electron chi connectivity index (χ4n) is 4.43. The Morgan fingerprint density at radius 3 is 2.63 bits per heavy atom. The number of carbonyl (C=O) groups excluding carboxylic acids is 1. The van der Waals surface area contributed by atoms with Crippen molar-refractivity contribution < 1.29 is 17.6 Å². The molecule has 1 aliphatic carbocycles. The number of halogens is 2. The highest BCUT2D eigenvalue weighted by Gasteiger charge is 2.40.